The quantitative estimate of drug-likeness (QED) is 0.222. The highest BCUT2D eigenvalue weighted by atomic mass is 35.5. The van der Waals surface area contributed by atoms with Crippen LogP contribution in [0.3, 0.4) is 0 Å². The van der Waals surface area contributed by atoms with Crippen LogP contribution in [0, 0.1) is 6.92 Å². The largest absolute Gasteiger partial charge is 0.462 e. The monoisotopic (exact) mass is 465 g/mol. The number of thiophene rings is 1. The van der Waals surface area contributed by atoms with E-state index in [2.05, 4.69) is 39.1 Å². The first-order valence-electron chi connectivity index (χ1n) is 10.5. The van der Waals surface area contributed by atoms with Gasteiger partial charge in [-0.25, -0.2) is 9.78 Å². The molecule has 5 nitrogen and oxygen atoms in total. The number of aromatic nitrogens is 2. The van der Waals surface area contributed by atoms with Crippen LogP contribution in [0.1, 0.15) is 39.7 Å². The zero-order chi connectivity index (χ0) is 22.5. The standard InChI is InChI=1S/C25H24ClN3O2S/c1-3-14-31-24(30)21-17(2)20-22(27-25(26)28-23(20)32-21)29(15-18-10-6-4-7-11-18)16-19-12-8-5-9-13-19/h4-13H,3,14-16H2,1-2H3. The number of rotatable bonds is 8. The molecule has 0 aliphatic heterocycles. The van der Waals surface area contributed by atoms with Gasteiger partial charge in [-0.05, 0) is 41.6 Å². The SMILES string of the molecule is CCCOC(=O)c1sc2nc(Cl)nc(N(Cc3ccccc3)Cc3ccccc3)c2c1C. The summed E-state index contributed by atoms with van der Waals surface area (Å²) in [5.74, 6) is 0.392. The molecule has 32 heavy (non-hydrogen) atoms. The fraction of sp³-hybridized carbons (Fsp3) is 0.240. The van der Waals surface area contributed by atoms with Crippen LogP contribution in [0.15, 0.2) is 60.7 Å². The van der Waals surface area contributed by atoms with Crippen molar-refractivity contribution >= 4 is 44.9 Å². The van der Waals surface area contributed by atoms with Gasteiger partial charge in [-0.3, -0.25) is 0 Å². The number of aryl methyl sites for hydroxylation is 1. The van der Waals surface area contributed by atoms with Crippen molar-refractivity contribution in [2.75, 3.05) is 11.5 Å². The zero-order valence-corrected chi connectivity index (χ0v) is 19.6. The third-order valence-corrected chi connectivity index (χ3v) is 6.43. The average Bonchev–Trinajstić information content (AvgIpc) is 3.14. The van der Waals surface area contributed by atoms with Crippen molar-refractivity contribution in [2.45, 2.75) is 33.4 Å². The molecule has 0 unspecified atom stereocenters. The van der Waals surface area contributed by atoms with Gasteiger partial charge < -0.3 is 9.64 Å². The minimum Gasteiger partial charge on any atom is -0.462 e. The summed E-state index contributed by atoms with van der Waals surface area (Å²) >= 11 is 7.64. The first-order valence-corrected chi connectivity index (χ1v) is 11.7. The Morgan fingerprint density at radius 1 is 1.00 bits per heavy atom. The Balaban J connectivity index is 1.81. The summed E-state index contributed by atoms with van der Waals surface area (Å²) < 4.78 is 5.39. The maximum absolute atomic E-state index is 12.6. The van der Waals surface area contributed by atoms with E-state index in [1.54, 1.807) is 0 Å². The molecule has 2 aromatic heterocycles. The summed E-state index contributed by atoms with van der Waals surface area (Å²) in [5, 5.41) is 1.00. The number of anilines is 1. The Hall–Kier alpha value is -2.96. The van der Waals surface area contributed by atoms with E-state index in [9.17, 15) is 4.79 Å². The molecule has 0 aliphatic carbocycles. The lowest BCUT2D eigenvalue weighted by atomic mass is 10.1. The summed E-state index contributed by atoms with van der Waals surface area (Å²) in [5.41, 5.74) is 3.13. The Kier molecular flexibility index (Phi) is 7.02. The molecule has 0 saturated heterocycles. The van der Waals surface area contributed by atoms with Crippen molar-refractivity contribution < 1.29 is 9.53 Å². The maximum Gasteiger partial charge on any atom is 0.348 e. The van der Waals surface area contributed by atoms with Crippen molar-refractivity contribution in [1.29, 1.82) is 0 Å². The molecule has 0 radical (unpaired) electrons. The fourth-order valence-electron chi connectivity index (χ4n) is 3.59. The van der Waals surface area contributed by atoms with Crippen LogP contribution in [0.4, 0.5) is 5.82 Å². The first-order chi connectivity index (χ1) is 15.6. The Labute approximate surface area is 196 Å². The lowest BCUT2D eigenvalue weighted by Gasteiger charge is -2.25. The topological polar surface area (TPSA) is 55.3 Å². The van der Waals surface area contributed by atoms with Crippen molar-refractivity contribution in [2.24, 2.45) is 0 Å². The second-order valence-electron chi connectivity index (χ2n) is 7.52. The number of carbonyl (C=O) groups is 1. The number of hydrogen-bond acceptors (Lipinski definition) is 6. The van der Waals surface area contributed by atoms with Gasteiger partial charge in [0.25, 0.3) is 0 Å². The molecule has 0 fully saturated rings. The van der Waals surface area contributed by atoms with E-state index < -0.39 is 0 Å². The van der Waals surface area contributed by atoms with Gasteiger partial charge in [0, 0.05) is 13.1 Å². The van der Waals surface area contributed by atoms with Crippen molar-refractivity contribution in [3.8, 4) is 0 Å². The number of halogens is 1. The van der Waals surface area contributed by atoms with E-state index in [1.807, 2.05) is 50.2 Å². The summed E-state index contributed by atoms with van der Waals surface area (Å²) in [6, 6.07) is 20.5. The van der Waals surface area contributed by atoms with E-state index in [-0.39, 0.29) is 11.3 Å². The van der Waals surface area contributed by atoms with Crippen molar-refractivity contribution in [3.63, 3.8) is 0 Å². The highest BCUT2D eigenvalue weighted by Gasteiger charge is 2.24. The molecule has 2 heterocycles. The first kappa shape index (κ1) is 22.2. The molecule has 0 saturated carbocycles. The Morgan fingerprint density at radius 2 is 1.59 bits per heavy atom. The maximum atomic E-state index is 12.6. The smallest absolute Gasteiger partial charge is 0.348 e. The zero-order valence-electron chi connectivity index (χ0n) is 18.0. The van der Waals surface area contributed by atoms with E-state index in [0.717, 1.165) is 34.3 Å². The number of ether oxygens (including phenoxy) is 1. The lowest BCUT2D eigenvalue weighted by Crippen LogP contribution is -2.23. The molecule has 0 N–H and O–H groups in total. The minimum absolute atomic E-state index is 0.161. The highest BCUT2D eigenvalue weighted by molar-refractivity contribution is 7.20. The van der Waals surface area contributed by atoms with Gasteiger partial charge in [-0.15, -0.1) is 11.3 Å². The van der Waals surface area contributed by atoms with E-state index >= 15 is 0 Å². The molecule has 0 atom stereocenters. The third-order valence-electron chi connectivity index (χ3n) is 5.10. The van der Waals surface area contributed by atoms with Gasteiger partial charge in [0.15, 0.2) is 0 Å². The van der Waals surface area contributed by atoms with E-state index in [1.165, 1.54) is 11.3 Å². The summed E-state index contributed by atoms with van der Waals surface area (Å²) in [4.78, 5) is 25.1. The predicted molar refractivity (Wildman–Crippen MR) is 131 cm³/mol. The third kappa shape index (κ3) is 4.92. The van der Waals surface area contributed by atoms with Crippen molar-refractivity contribution in [3.05, 3.63) is 87.5 Å². The van der Waals surface area contributed by atoms with E-state index in [4.69, 9.17) is 16.3 Å². The van der Waals surface area contributed by atoms with Crippen LogP contribution < -0.4 is 4.90 Å². The number of nitrogens with zero attached hydrogens (tertiary/aromatic N) is 3. The number of hydrogen-bond donors (Lipinski definition) is 0. The molecule has 4 rings (SSSR count). The van der Waals surface area contributed by atoms with Crippen LogP contribution in [0.2, 0.25) is 5.28 Å². The van der Waals surface area contributed by atoms with E-state index in [0.29, 0.717) is 29.4 Å². The number of esters is 1. The van der Waals surface area contributed by atoms with Crippen LogP contribution in [-0.4, -0.2) is 22.5 Å². The molecular formula is C25H24ClN3O2S. The van der Waals surface area contributed by atoms with Gasteiger partial charge in [0.1, 0.15) is 15.5 Å². The van der Waals surface area contributed by atoms with Crippen LogP contribution >= 0.6 is 22.9 Å². The highest BCUT2D eigenvalue weighted by Crippen LogP contribution is 2.37. The number of fused-ring (bicyclic) bond motifs is 1. The van der Waals surface area contributed by atoms with Crippen molar-refractivity contribution in [1.82, 2.24) is 9.97 Å². The van der Waals surface area contributed by atoms with Crippen LogP contribution in [0.25, 0.3) is 10.2 Å². The fourth-order valence-corrected chi connectivity index (χ4v) is 4.87. The van der Waals surface area contributed by atoms with Gasteiger partial charge in [-0.2, -0.15) is 4.98 Å². The molecule has 0 spiro atoms. The summed E-state index contributed by atoms with van der Waals surface area (Å²) in [6.07, 6.45) is 0.772. The van der Waals surface area contributed by atoms with Gasteiger partial charge in [0.2, 0.25) is 5.28 Å². The Morgan fingerprint density at radius 3 is 2.16 bits per heavy atom. The Bertz CT molecular complexity index is 1170. The number of carbonyl (C=O) groups excluding carboxylic acids is 1. The van der Waals surface area contributed by atoms with Crippen LogP contribution in [-0.2, 0) is 17.8 Å². The molecule has 164 valence electrons. The normalized spacial score (nSPS) is 11.0. The molecule has 4 aromatic rings. The molecule has 2 aromatic carbocycles. The average molecular weight is 466 g/mol. The molecule has 0 bridgehead atoms. The molecule has 7 heteroatoms. The van der Waals surface area contributed by atoms with Crippen LogP contribution in [0.5, 0.6) is 0 Å². The van der Waals surface area contributed by atoms with Gasteiger partial charge in [-0.1, -0.05) is 67.6 Å². The molecule has 0 amide bonds. The summed E-state index contributed by atoms with van der Waals surface area (Å²) in [7, 11) is 0. The predicted octanol–water partition coefficient (Wildman–Crippen LogP) is 6.43. The summed E-state index contributed by atoms with van der Waals surface area (Å²) in [6.45, 7) is 5.57. The number of benzene rings is 2. The minimum atomic E-state index is -0.327. The molecular weight excluding hydrogens is 442 g/mol. The lowest BCUT2D eigenvalue weighted by molar-refractivity contribution is 0.0510. The van der Waals surface area contributed by atoms with Gasteiger partial charge in [0.05, 0.1) is 12.0 Å². The molecule has 0 aliphatic rings. The van der Waals surface area contributed by atoms with Gasteiger partial charge >= 0.3 is 5.97 Å². The second kappa shape index (κ2) is 10.1. The second-order valence-corrected chi connectivity index (χ2v) is 8.85.